The molecule has 0 amide bonds. The van der Waals surface area contributed by atoms with Gasteiger partial charge in [0.15, 0.2) is 29.7 Å². The van der Waals surface area contributed by atoms with E-state index in [1.54, 1.807) is 0 Å². The third kappa shape index (κ3) is 5.98. The molecule has 45 heavy (non-hydrogen) atoms. The molecule has 10 N–H and O–H groups in total. The van der Waals surface area contributed by atoms with Crippen molar-refractivity contribution >= 4 is 11.0 Å². The van der Waals surface area contributed by atoms with Crippen LogP contribution in [0.4, 0.5) is 0 Å². The molecule has 0 aliphatic carbocycles. The summed E-state index contributed by atoms with van der Waals surface area (Å²) in [5, 5.41) is 102. The first-order chi connectivity index (χ1) is 21.4. The second-order valence-corrected chi connectivity index (χ2v) is 10.4. The monoisotopic (exact) mass is 640 g/mol. The number of ether oxygens (including phenoxy) is 5. The lowest BCUT2D eigenvalue weighted by Gasteiger charge is -2.45. The Bertz CT molecular complexity index is 1570. The summed E-state index contributed by atoms with van der Waals surface area (Å²) in [6, 6.07) is 5.72. The van der Waals surface area contributed by atoms with Crippen molar-refractivity contribution in [2.45, 2.75) is 61.4 Å². The number of aromatic hydroxyl groups is 3. The van der Waals surface area contributed by atoms with Crippen molar-refractivity contribution in [3.63, 3.8) is 0 Å². The topological polar surface area (TPSA) is 279 Å². The van der Waals surface area contributed by atoms with Gasteiger partial charge in [-0.05, 0) is 18.2 Å². The van der Waals surface area contributed by atoms with Crippen molar-refractivity contribution in [2.24, 2.45) is 0 Å². The normalized spacial score (nSPS) is 32.0. The summed E-state index contributed by atoms with van der Waals surface area (Å²) in [6.07, 6.45) is -17.9. The molecule has 2 fully saturated rings. The van der Waals surface area contributed by atoms with Crippen LogP contribution in [-0.2, 0) is 14.2 Å². The Balaban J connectivity index is 1.62. The molecule has 5 unspecified atom stereocenters. The minimum atomic E-state index is -1.96. The van der Waals surface area contributed by atoms with E-state index in [0.717, 1.165) is 12.1 Å². The molecule has 3 aromatic rings. The van der Waals surface area contributed by atoms with Crippen LogP contribution in [0.5, 0.6) is 28.7 Å². The number of hydrogen-bond acceptors (Lipinski definition) is 17. The molecule has 2 saturated heterocycles. The molecule has 0 bridgehead atoms. The SMILES string of the molecule is COc1cc(-c2oc3cc(O)cc(O)c3c(=O)c2O[C@@H]2OC(CO)[C@@H](O)C(O)C2O[C@@H]2OC(CO)[C@@H](O)C(O)[C@H]2O)ccc1O. The summed E-state index contributed by atoms with van der Waals surface area (Å²) in [5.41, 5.74) is -1.23. The van der Waals surface area contributed by atoms with Crippen molar-refractivity contribution in [1.29, 1.82) is 0 Å². The summed E-state index contributed by atoms with van der Waals surface area (Å²) >= 11 is 0. The van der Waals surface area contributed by atoms with E-state index in [-0.39, 0.29) is 28.4 Å². The number of methoxy groups -OCH3 is 1. The Kier molecular flexibility index (Phi) is 9.38. The van der Waals surface area contributed by atoms with E-state index in [1.165, 1.54) is 25.3 Å². The zero-order valence-electron chi connectivity index (χ0n) is 23.4. The summed E-state index contributed by atoms with van der Waals surface area (Å²) in [4.78, 5) is 13.8. The van der Waals surface area contributed by atoms with Crippen LogP contribution >= 0.6 is 0 Å². The molecule has 2 aliphatic heterocycles. The third-order valence-electron chi connectivity index (χ3n) is 7.56. The van der Waals surface area contributed by atoms with E-state index in [0.29, 0.717) is 0 Å². The summed E-state index contributed by atoms with van der Waals surface area (Å²) in [7, 11) is 1.27. The molecule has 2 aliphatic rings. The Morgan fingerprint density at radius 2 is 1.42 bits per heavy atom. The van der Waals surface area contributed by atoms with Crippen molar-refractivity contribution in [3.8, 4) is 40.1 Å². The Morgan fingerprint density at radius 3 is 2.07 bits per heavy atom. The lowest BCUT2D eigenvalue weighted by atomic mass is 9.97. The zero-order valence-corrected chi connectivity index (χ0v) is 23.4. The van der Waals surface area contributed by atoms with Gasteiger partial charge >= 0.3 is 0 Å². The van der Waals surface area contributed by atoms with Crippen molar-refractivity contribution in [3.05, 3.63) is 40.6 Å². The summed E-state index contributed by atoms with van der Waals surface area (Å²) in [6.45, 7) is -1.65. The molecule has 3 heterocycles. The smallest absolute Gasteiger partial charge is 0.239 e. The first kappa shape index (κ1) is 32.6. The van der Waals surface area contributed by atoms with E-state index < -0.39 is 103 Å². The number of aliphatic hydroxyl groups is 7. The van der Waals surface area contributed by atoms with Gasteiger partial charge in [0.1, 0.15) is 65.2 Å². The van der Waals surface area contributed by atoms with Gasteiger partial charge in [-0.25, -0.2) is 0 Å². The Morgan fingerprint density at radius 1 is 0.778 bits per heavy atom. The standard InChI is InChI=1S/C28H32O17/c1-40-13-4-9(2-3-11(13)32)24-25(20(36)17-12(33)5-10(31)6-14(17)41-24)44-28-26(22(38)19(35)16(8-30)43-28)45-27-23(39)21(37)18(34)15(7-29)42-27/h2-6,15-16,18-19,21-23,26-35,37-39H,7-8H2,1H3/t15?,16?,18-,19-,21?,22?,23-,26?,27+,28+/m1/s1. The largest absolute Gasteiger partial charge is 0.508 e. The highest BCUT2D eigenvalue weighted by Crippen LogP contribution is 2.40. The van der Waals surface area contributed by atoms with Gasteiger partial charge in [0.2, 0.25) is 17.5 Å². The first-order valence-corrected chi connectivity index (χ1v) is 13.5. The van der Waals surface area contributed by atoms with Gasteiger partial charge in [-0.1, -0.05) is 0 Å². The molecule has 17 nitrogen and oxygen atoms in total. The number of phenols is 3. The van der Waals surface area contributed by atoms with Crippen molar-refractivity contribution in [1.82, 2.24) is 0 Å². The van der Waals surface area contributed by atoms with Crippen LogP contribution in [-0.4, -0.2) is 133 Å². The molecule has 17 heteroatoms. The lowest BCUT2D eigenvalue weighted by molar-refractivity contribution is -0.358. The van der Waals surface area contributed by atoms with Crippen molar-refractivity contribution in [2.75, 3.05) is 20.3 Å². The number of fused-ring (bicyclic) bond motifs is 1. The van der Waals surface area contributed by atoms with Gasteiger partial charge in [0.05, 0.1) is 20.3 Å². The number of rotatable bonds is 8. The second kappa shape index (κ2) is 12.9. The predicted molar refractivity (Wildman–Crippen MR) is 146 cm³/mol. The second-order valence-electron chi connectivity index (χ2n) is 10.4. The Hall–Kier alpha value is -3.75. The fraction of sp³-hybridized carbons (Fsp3) is 0.464. The fourth-order valence-electron chi connectivity index (χ4n) is 5.13. The quantitative estimate of drug-likeness (QED) is 0.123. The van der Waals surface area contributed by atoms with Crippen LogP contribution < -0.4 is 14.9 Å². The highest BCUT2D eigenvalue weighted by atomic mass is 16.8. The van der Waals surface area contributed by atoms with E-state index >= 15 is 0 Å². The van der Waals surface area contributed by atoms with E-state index in [1.807, 2.05) is 0 Å². The van der Waals surface area contributed by atoms with Gasteiger partial charge in [-0.3, -0.25) is 4.79 Å². The van der Waals surface area contributed by atoms with E-state index in [9.17, 15) is 55.9 Å². The highest BCUT2D eigenvalue weighted by molar-refractivity contribution is 5.88. The molecular weight excluding hydrogens is 608 g/mol. The van der Waals surface area contributed by atoms with Gasteiger partial charge in [-0.15, -0.1) is 0 Å². The van der Waals surface area contributed by atoms with Crippen LogP contribution in [0.1, 0.15) is 0 Å². The number of hydrogen-bond donors (Lipinski definition) is 10. The first-order valence-electron chi connectivity index (χ1n) is 13.5. The average molecular weight is 641 g/mol. The maximum absolute atomic E-state index is 13.8. The van der Waals surface area contributed by atoms with Crippen LogP contribution in [0.25, 0.3) is 22.3 Å². The van der Waals surface area contributed by atoms with Gasteiger partial charge in [0, 0.05) is 17.7 Å². The molecule has 5 rings (SSSR count). The van der Waals surface area contributed by atoms with Crippen LogP contribution in [0.15, 0.2) is 39.5 Å². The highest BCUT2D eigenvalue weighted by Gasteiger charge is 2.51. The molecule has 1 aromatic heterocycles. The predicted octanol–water partition coefficient (Wildman–Crippen LogP) is -2.41. The van der Waals surface area contributed by atoms with Gasteiger partial charge in [0.25, 0.3) is 0 Å². The van der Waals surface area contributed by atoms with E-state index in [2.05, 4.69) is 0 Å². The third-order valence-corrected chi connectivity index (χ3v) is 7.56. The molecular formula is C28H32O17. The molecule has 246 valence electrons. The minimum Gasteiger partial charge on any atom is -0.508 e. The van der Waals surface area contributed by atoms with Crippen molar-refractivity contribution < 1.29 is 79.2 Å². The maximum Gasteiger partial charge on any atom is 0.239 e. The van der Waals surface area contributed by atoms with Gasteiger partial charge < -0.3 is 79.2 Å². The lowest BCUT2D eigenvalue weighted by Crippen LogP contribution is -2.65. The number of benzene rings is 2. The maximum atomic E-state index is 13.8. The molecule has 2 aromatic carbocycles. The molecule has 0 spiro atoms. The number of phenolic OH excluding ortho intramolecular Hbond substituents is 3. The number of aliphatic hydroxyl groups excluding tert-OH is 7. The fourth-order valence-corrected chi connectivity index (χ4v) is 5.13. The minimum absolute atomic E-state index is 0.0448. The zero-order chi connectivity index (χ0) is 32.7. The van der Waals surface area contributed by atoms with Gasteiger partial charge in [-0.2, -0.15) is 0 Å². The summed E-state index contributed by atoms with van der Waals surface area (Å²) < 4.78 is 33.5. The average Bonchev–Trinajstić information content (AvgIpc) is 3.01. The molecule has 10 atom stereocenters. The van der Waals surface area contributed by atoms with Crippen LogP contribution in [0.2, 0.25) is 0 Å². The van der Waals surface area contributed by atoms with Crippen LogP contribution in [0, 0.1) is 0 Å². The molecule has 0 saturated carbocycles. The Labute approximate surface area is 252 Å². The van der Waals surface area contributed by atoms with E-state index in [4.69, 9.17) is 28.1 Å². The molecule has 0 radical (unpaired) electrons. The van der Waals surface area contributed by atoms with Crippen LogP contribution in [0.3, 0.4) is 0 Å². The summed E-state index contributed by atoms with van der Waals surface area (Å²) in [5.74, 6) is -2.49.